The third-order valence-corrected chi connectivity index (χ3v) is 7.16. The van der Waals surface area contributed by atoms with E-state index in [9.17, 15) is 14.4 Å². The largest absolute Gasteiger partial charge is 0.326 e. The van der Waals surface area contributed by atoms with Crippen LogP contribution in [0.25, 0.3) is 0 Å². The van der Waals surface area contributed by atoms with Crippen LogP contribution in [0.15, 0.2) is 24.4 Å². The van der Waals surface area contributed by atoms with Crippen molar-refractivity contribution in [3.8, 4) is 0 Å². The molecule has 31 heavy (non-hydrogen) atoms. The van der Waals surface area contributed by atoms with E-state index in [1.165, 1.54) is 30.6 Å². The molecule has 168 valence electrons. The monoisotopic (exact) mass is 426 g/mol. The van der Waals surface area contributed by atoms with E-state index in [0.717, 1.165) is 38.5 Å². The summed E-state index contributed by atoms with van der Waals surface area (Å²) in [4.78, 5) is 44.8. The summed E-state index contributed by atoms with van der Waals surface area (Å²) in [6, 6.07) is 3.56. The number of nitrogens with zero attached hydrogens (tertiary/aromatic N) is 2. The molecule has 1 aromatic heterocycles. The second kappa shape index (κ2) is 10.2. The van der Waals surface area contributed by atoms with Crippen LogP contribution in [0.4, 0.5) is 10.6 Å². The van der Waals surface area contributed by atoms with Gasteiger partial charge in [0.05, 0.1) is 0 Å². The number of rotatable bonds is 7. The highest BCUT2D eigenvalue weighted by molar-refractivity contribution is 6.09. The Morgan fingerprint density at radius 1 is 1.03 bits per heavy atom. The molecule has 2 N–H and O–H groups in total. The lowest BCUT2D eigenvalue weighted by Crippen LogP contribution is -2.49. The van der Waals surface area contributed by atoms with E-state index in [-0.39, 0.29) is 11.8 Å². The molecule has 0 spiro atoms. The number of hydrogen-bond acceptors (Lipinski definition) is 4. The predicted molar refractivity (Wildman–Crippen MR) is 118 cm³/mol. The second-order valence-electron chi connectivity index (χ2n) is 9.41. The molecule has 2 unspecified atom stereocenters. The maximum absolute atomic E-state index is 13.3. The van der Waals surface area contributed by atoms with E-state index < -0.39 is 18.1 Å². The van der Waals surface area contributed by atoms with E-state index >= 15 is 0 Å². The Morgan fingerprint density at radius 3 is 2.35 bits per heavy atom. The summed E-state index contributed by atoms with van der Waals surface area (Å²) in [7, 11) is 0. The Hall–Kier alpha value is -2.44. The van der Waals surface area contributed by atoms with E-state index in [1.54, 1.807) is 24.4 Å². The van der Waals surface area contributed by atoms with Crippen molar-refractivity contribution in [3.63, 3.8) is 0 Å². The van der Waals surface area contributed by atoms with Gasteiger partial charge in [0.1, 0.15) is 17.9 Å². The van der Waals surface area contributed by atoms with Crippen LogP contribution in [0, 0.1) is 11.8 Å². The van der Waals surface area contributed by atoms with Gasteiger partial charge in [-0.2, -0.15) is 0 Å². The summed E-state index contributed by atoms with van der Waals surface area (Å²) in [6.45, 7) is 0. The fourth-order valence-electron chi connectivity index (χ4n) is 5.47. The van der Waals surface area contributed by atoms with Crippen molar-refractivity contribution in [2.24, 2.45) is 11.8 Å². The molecule has 2 aliphatic carbocycles. The van der Waals surface area contributed by atoms with E-state index in [0.29, 0.717) is 30.5 Å². The van der Waals surface area contributed by atoms with Crippen LogP contribution >= 0.6 is 0 Å². The SMILES string of the molecule is O=C(Nc1ccccn1)C(CC1CCCCC1)N1C(=O)NC(CC2CCCCC2)C1=O. The number of anilines is 1. The average molecular weight is 427 g/mol. The molecule has 2 saturated carbocycles. The van der Waals surface area contributed by atoms with Gasteiger partial charge in [-0.25, -0.2) is 14.7 Å². The molecule has 3 fully saturated rings. The Morgan fingerprint density at radius 2 is 1.71 bits per heavy atom. The smallest absolute Gasteiger partial charge is 0.325 e. The van der Waals surface area contributed by atoms with Gasteiger partial charge in [0.15, 0.2) is 0 Å². The molecule has 0 radical (unpaired) electrons. The van der Waals surface area contributed by atoms with Crippen LogP contribution in [0.3, 0.4) is 0 Å². The lowest BCUT2D eigenvalue weighted by Gasteiger charge is -2.30. The van der Waals surface area contributed by atoms with E-state index in [2.05, 4.69) is 15.6 Å². The van der Waals surface area contributed by atoms with Crippen molar-refractivity contribution in [1.82, 2.24) is 15.2 Å². The van der Waals surface area contributed by atoms with Crippen molar-refractivity contribution in [1.29, 1.82) is 0 Å². The molecule has 4 rings (SSSR count). The molecule has 0 bridgehead atoms. The fourth-order valence-corrected chi connectivity index (χ4v) is 5.47. The zero-order valence-corrected chi connectivity index (χ0v) is 18.2. The lowest BCUT2D eigenvalue weighted by molar-refractivity contribution is -0.134. The number of aromatic nitrogens is 1. The first-order valence-corrected chi connectivity index (χ1v) is 12.0. The number of carbonyl (C=O) groups excluding carboxylic acids is 3. The molecular weight excluding hydrogens is 392 g/mol. The summed E-state index contributed by atoms with van der Waals surface area (Å²) in [5.41, 5.74) is 0. The zero-order valence-electron chi connectivity index (χ0n) is 18.2. The Kier molecular flexibility index (Phi) is 7.20. The van der Waals surface area contributed by atoms with E-state index in [1.807, 2.05) is 0 Å². The Bertz CT molecular complexity index is 772. The predicted octanol–water partition coefficient (Wildman–Crippen LogP) is 4.25. The van der Waals surface area contributed by atoms with Gasteiger partial charge < -0.3 is 10.6 Å². The number of imide groups is 1. The van der Waals surface area contributed by atoms with Crippen molar-refractivity contribution in [2.45, 2.75) is 89.1 Å². The van der Waals surface area contributed by atoms with Crippen LogP contribution in [0.1, 0.15) is 77.0 Å². The molecule has 1 saturated heterocycles. The van der Waals surface area contributed by atoms with Crippen LogP contribution in [-0.2, 0) is 9.59 Å². The van der Waals surface area contributed by atoms with Crippen LogP contribution in [0.5, 0.6) is 0 Å². The summed E-state index contributed by atoms with van der Waals surface area (Å²) in [5.74, 6) is 0.693. The minimum atomic E-state index is -0.797. The molecule has 2 heterocycles. The number of urea groups is 1. The Labute approximate surface area is 184 Å². The highest BCUT2D eigenvalue weighted by Gasteiger charge is 2.45. The van der Waals surface area contributed by atoms with Gasteiger partial charge in [-0.15, -0.1) is 0 Å². The summed E-state index contributed by atoms with van der Waals surface area (Å²) in [5, 5.41) is 5.70. The summed E-state index contributed by atoms with van der Waals surface area (Å²) < 4.78 is 0. The highest BCUT2D eigenvalue weighted by Crippen LogP contribution is 2.32. The first-order chi connectivity index (χ1) is 15.1. The molecule has 4 amide bonds. The standard InChI is InChI=1S/C24H34N4O3/c29-22(27-21-13-7-8-14-25-21)20(16-18-11-5-2-6-12-18)28-23(30)19(26-24(28)31)15-17-9-3-1-4-10-17/h7-8,13-14,17-20H,1-6,9-12,15-16H2,(H,26,31)(H,25,27,29). The lowest BCUT2D eigenvalue weighted by atomic mass is 9.83. The van der Waals surface area contributed by atoms with Crippen LogP contribution in [-0.4, -0.2) is 39.8 Å². The molecular formula is C24H34N4O3. The normalized spacial score (nSPS) is 24.1. The number of nitrogens with one attached hydrogen (secondary N) is 2. The number of carbonyl (C=O) groups is 3. The van der Waals surface area contributed by atoms with Gasteiger partial charge in [-0.1, -0.05) is 70.3 Å². The van der Waals surface area contributed by atoms with Gasteiger partial charge in [0, 0.05) is 6.20 Å². The average Bonchev–Trinajstić information content (AvgIpc) is 3.07. The van der Waals surface area contributed by atoms with Gasteiger partial charge in [-0.05, 0) is 36.8 Å². The third kappa shape index (κ3) is 5.43. The van der Waals surface area contributed by atoms with Gasteiger partial charge >= 0.3 is 6.03 Å². The minimum absolute atomic E-state index is 0.243. The quantitative estimate of drug-likeness (QED) is 0.638. The molecule has 2 atom stereocenters. The number of hydrogen-bond donors (Lipinski definition) is 2. The molecule has 7 heteroatoms. The molecule has 1 aromatic rings. The number of amides is 4. The summed E-state index contributed by atoms with van der Waals surface area (Å²) >= 11 is 0. The second-order valence-corrected chi connectivity index (χ2v) is 9.41. The van der Waals surface area contributed by atoms with Crippen molar-refractivity contribution in [2.75, 3.05) is 5.32 Å². The molecule has 3 aliphatic rings. The van der Waals surface area contributed by atoms with Gasteiger partial charge in [0.25, 0.3) is 5.91 Å². The topological polar surface area (TPSA) is 91.4 Å². The van der Waals surface area contributed by atoms with E-state index in [4.69, 9.17) is 0 Å². The first kappa shape index (κ1) is 21.8. The first-order valence-electron chi connectivity index (χ1n) is 12.0. The van der Waals surface area contributed by atoms with Crippen molar-refractivity contribution >= 4 is 23.7 Å². The molecule has 1 aliphatic heterocycles. The van der Waals surface area contributed by atoms with Crippen LogP contribution in [0.2, 0.25) is 0 Å². The van der Waals surface area contributed by atoms with Crippen molar-refractivity contribution < 1.29 is 14.4 Å². The van der Waals surface area contributed by atoms with Crippen molar-refractivity contribution in [3.05, 3.63) is 24.4 Å². The van der Waals surface area contributed by atoms with Gasteiger partial charge in [-0.3, -0.25) is 9.59 Å². The van der Waals surface area contributed by atoms with Crippen LogP contribution < -0.4 is 10.6 Å². The minimum Gasteiger partial charge on any atom is -0.326 e. The summed E-state index contributed by atoms with van der Waals surface area (Å²) in [6.07, 6.45) is 14.3. The van der Waals surface area contributed by atoms with Gasteiger partial charge in [0.2, 0.25) is 5.91 Å². The zero-order chi connectivity index (χ0) is 21.6. The third-order valence-electron chi connectivity index (χ3n) is 7.16. The maximum atomic E-state index is 13.3. The Balaban J connectivity index is 1.49. The number of pyridine rings is 1. The molecule has 7 nitrogen and oxygen atoms in total. The maximum Gasteiger partial charge on any atom is 0.325 e. The molecule has 0 aromatic carbocycles. The fraction of sp³-hybridized carbons (Fsp3) is 0.667. The highest BCUT2D eigenvalue weighted by atomic mass is 16.2.